The first-order valence-electron chi connectivity index (χ1n) is 13.6. The van der Waals surface area contributed by atoms with E-state index in [2.05, 4.69) is 5.32 Å². The molecule has 0 saturated carbocycles. The van der Waals surface area contributed by atoms with Crippen molar-refractivity contribution in [2.24, 2.45) is 0 Å². The number of sulfonamides is 1. The van der Waals surface area contributed by atoms with Crippen LogP contribution in [0.2, 0.25) is 10.0 Å². The number of carbonyl (C=O) groups is 2. The van der Waals surface area contributed by atoms with Gasteiger partial charge in [-0.3, -0.25) is 13.9 Å². The zero-order valence-electron chi connectivity index (χ0n) is 23.6. The maximum absolute atomic E-state index is 13.8. The summed E-state index contributed by atoms with van der Waals surface area (Å²) in [6.45, 7) is 4.54. The number of rotatable bonds is 14. The number of halogens is 2. The van der Waals surface area contributed by atoms with Gasteiger partial charge in [-0.15, -0.1) is 0 Å². The molecule has 0 spiro atoms. The Hall–Kier alpha value is -3.07. The van der Waals surface area contributed by atoms with Gasteiger partial charge in [-0.05, 0) is 60.7 Å². The number of amides is 2. The predicted octanol–water partition coefficient (Wildman–Crippen LogP) is 5.88. The molecule has 1 atom stereocenters. The van der Waals surface area contributed by atoms with Gasteiger partial charge in [-0.2, -0.15) is 0 Å². The zero-order chi connectivity index (χ0) is 30.0. The molecular weight excluding hydrogens is 581 g/mol. The molecule has 2 amide bonds. The fraction of sp³-hybridized carbons (Fsp3) is 0.355. The van der Waals surface area contributed by atoms with Gasteiger partial charge >= 0.3 is 0 Å². The van der Waals surface area contributed by atoms with Crippen LogP contribution in [0.4, 0.5) is 5.69 Å². The highest BCUT2D eigenvalue weighted by Crippen LogP contribution is 2.25. The van der Waals surface area contributed by atoms with Gasteiger partial charge in [-0.25, -0.2) is 8.42 Å². The van der Waals surface area contributed by atoms with Gasteiger partial charge < -0.3 is 10.2 Å². The summed E-state index contributed by atoms with van der Waals surface area (Å²) in [5, 5.41) is 3.61. The van der Waals surface area contributed by atoms with Crippen molar-refractivity contribution in [3.8, 4) is 0 Å². The van der Waals surface area contributed by atoms with Crippen LogP contribution in [0.25, 0.3) is 0 Å². The van der Waals surface area contributed by atoms with Gasteiger partial charge in [0.1, 0.15) is 6.04 Å². The van der Waals surface area contributed by atoms with E-state index in [0.717, 1.165) is 29.4 Å². The highest BCUT2D eigenvalue weighted by molar-refractivity contribution is 7.92. The minimum Gasteiger partial charge on any atom is -0.355 e. The molecule has 220 valence electrons. The number of nitrogens with zero attached hydrogens (tertiary/aromatic N) is 2. The molecule has 1 N–H and O–H groups in total. The summed E-state index contributed by atoms with van der Waals surface area (Å²) in [6.07, 6.45) is 2.64. The summed E-state index contributed by atoms with van der Waals surface area (Å²) in [6, 6.07) is 21.2. The summed E-state index contributed by atoms with van der Waals surface area (Å²) in [5.74, 6) is -0.531. The number of nitrogens with one attached hydrogen (secondary N) is 1. The van der Waals surface area contributed by atoms with Crippen molar-refractivity contribution >= 4 is 50.7 Å². The van der Waals surface area contributed by atoms with Gasteiger partial charge in [0.25, 0.3) is 0 Å². The molecule has 0 bridgehead atoms. The molecule has 41 heavy (non-hydrogen) atoms. The van der Waals surface area contributed by atoms with Crippen LogP contribution in [0, 0.1) is 0 Å². The van der Waals surface area contributed by atoms with E-state index >= 15 is 0 Å². The Bertz CT molecular complexity index is 1420. The molecule has 0 heterocycles. The average molecular weight is 619 g/mol. The number of hydrogen-bond acceptors (Lipinski definition) is 4. The highest BCUT2D eigenvalue weighted by atomic mass is 35.5. The Balaban J connectivity index is 1.87. The van der Waals surface area contributed by atoms with Crippen molar-refractivity contribution < 1.29 is 18.0 Å². The third-order valence-electron chi connectivity index (χ3n) is 6.74. The van der Waals surface area contributed by atoms with E-state index in [0.29, 0.717) is 28.7 Å². The lowest BCUT2D eigenvalue weighted by Gasteiger charge is -2.32. The van der Waals surface area contributed by atoms with Crippen molar-refractivity contribution in [2.75, 3.05) is 23.7 Å². The summed E-state index contributed by atoms with van der Waals surface area (Å²) < 4.78 is 26.6. The second-order valence-corrected chi connectivity index (χ2v) is 12.6. The maximum atomic E-state index is 13.8. The molecule has 0 radical (unpaired) electrons. The monoisotopic (exact) mass is 617 g/mol. The first-order chi connectivity index (χ1) is 19.5. The van der Waals surface area contributed by atoms with Crippen LogP contribution in [-0.2, 0) is 39.0 Å². The fourth-order valence-corrected chi connectivity index (χ4v) is 5.87. The number of carbonyl (C=O) groups excluding carboxylic acids is 2. The largest absolute Gasteiger partial charge is 0.355 e. The van der Waals surface area contributed by atoms with Crippen molar-refractivity contribution in [1.82, 2.24) is 10.2 Å². The number of hydrogen-bond donors (Lipinski definition) is 1. The van der Waals surface area contributed by atoms with E-state index in [1.54, 1.807) is 35.2 Å². The SMILES string of the molecule is CCNC(=O)[C@@H](Cc1ccccc1)N(Cc1ccc(Cl)c(Cl)c1)C(=O)CCCN(c1ccc(CC)cc1)S(C)(=O)=O. The first-order valence-corrected chi connectivity index (χ1v) is 16.3. The lowest BCUT2D eigenvalue weighted by atomic mass is 10.0. The van der Waals surface area contributed by atoms with Crippen molar-refractivity contribution in [3.05, 3.63) is 99.5 Å². The molecule has 0 aliphatic rings. The minimum absolute atomic E-state index is 0.0467. The molecule has 0 aliphatic carbocycles. The third kappa shape index (κ3) is 9.48. The number of anilines is 1. The van der Waals surface area contributed by atoms with E-state index in [9.17, 15) is 18.0 Å². The standard InChI is InChI=1S/C31H37Cl2N3O4S/c1-4-23-13-16-26(17-14-23)36(41(3,39)40)19-9-12-30(37)35(22-25-15-18-27(32)28(33)20-25)29(31(38)34-5-2)21-24-10-7-6-8-11-24/h6-8,10-11,13-18,20,29H,4-5,9,12,19,21-22H2,1-3H3,(H,34,38)/t29-/m1/s1. The Morgan fingerprint density at radius 2 is 1.54 bits per heavy atom. The second kappa shape index (κ2) is 15.2. The Morgan fingerprint density at radius 1 is 0.878 bits per heavy atom. The predicted molar refractivity (Wildman–Crippen MR) is 167 cm³/mol. The number of likely N-dealkylation sites (N-methyl/N-ethyl adjacent to an activating group) is 1. The topological polar surface area (TPSA) is 86.8 Å². The van der Waals surface area contributed by atoms with Crippen LogP contribution < -0.4 is 9.62 Å². The van der Waals surface area contributed by atoms with Crippen molar-refractivity contribution in [3.63, 3.8) is 0 Å². The summed E-state index contributed by atoms with van der Waals surface area (Å²) >= 11 is 12.4. The molecule has 0 fully saturated rings. The molecule has 3 aromatic carbocycles. The molecule has 3 aromatic rings. The third-order valence-corrected chi connectivity index (χ3v) is 8.68. The van der Waals surface area contributed by atoms with Crippen LogP contribution in [0.1, 0.15) is 43.4 Å². The Kier molecular flexibility index (Phi) is 12.1. The van der Waals surface area contributed by atoms with Gasteiger partial charge in [0, 0.05) is 32.5 Å². The van der Waals surface area contributed by atoms with E-state index < -0.39 is 16.1 Å². The highest BCUT2D eigenvalue weighted by Gasteiger charge is 2.30. The van der Waals surface area contributed by atoms with E-state index in [1.807, 2.05) is 56.3 Å². The molecule has 0 unspecified atom stereocenters. The molecule has 7 nitrogen and oxygen atoms in total. The van der Waals surface area contributed by atoms with Crippen LogP contribution in [0.5, 0.6) is 0 Å². The smallest absolute Gasteiger partial charge is 0.243 e. The summed E-state index contributed by atoms with van der Waals surface area (Å²) in [4.78, 5) is 28.7. The minimum atomic E-state index is -3.57. The normalized spacial score (nSPS) is 12.0. The van der Waals surface area contributed by atoms with Gasteiger partial charge in [0.05, 0.1) is 22.0 Å². The molecule has 10 heteroatoms. The van der Waals surface area contributed by atoms with Crippen LogP contribution in [-0.4, -0.2) is 50.5 Å². The van der Waals surface area contributed by atoms with Crippen LogP contribution in [0.15, 0.2) is 72.8 Å². The molecule has 0 aromatic heterocycles. The molecular formula is C31H37Cl2N3O4S. The van der Waals surface area contributed by atoms with Crippen molar-refractivity contribution in [2.45, 2.75) is 52.1 Å². The average Bonchev–Trinajstić information content (AvgIpc) is 2.95. The Labute approximate surface area is 253 Å². The Morgan fingerprint density at radius 3 is 2.12 bits per heavy atom. The summed E-state index contributed by atoms with van der Waals surface area (Å²) in [5.41, 5.74) is 3.29. The quantitative estimate of drug-likeness (QED) is 0.245. The molecule has 0 aliphatic heterocycles. The molecule has 3 rings (SSSR count). The van der Waals surface area contributed by atoms with Gasteiger partial charge in [0.2, 0.25) is 21.8 Å². The fourth-order valence-electron chi connectivity index (χ4n) is 4.58. The van der Waals surface area contributed by atoms with E-state index in [4.69, 9.17) is 23.2 Å². The molecule has 0 saturated heterocycles. The number of aryl methyl sites for hydroxylation is 1. The van der Waals surface area contributed by atoms with E-state index in [1.165, 1.54) is 4.31 Å². The second-order valence-electron chi connectivity index (χ2n) is 9.83. The lowest BCUT2D eigenvalue weighted by Crippen LogP contribution is -2.50. The van der Waals surface area contributed by atoms with E-state index in [-0.39, 0.29) is 37.7 Å². The van der Waals surface area contributed by atoms with Gasteiger partial charge in [-0.1, -0.05) is 78.7 Å². The lowest BCUT2D eigenvalue weighted by molar-refractivity contribution is -0.141. The van der Waals surface area contributed by atoms with Gasteiger partial charge in [0.15, 0.2) is 0 Å². The summed E-state index contributed by atoms with van der Waals surface area (Å²) in [7, 11) is -3.57. The first kappa shape index (κ1) is 32.4. The van der Waals surface area contributed by atoms with Crippen LogP contribution >= 0.6 is 23.2 Å². The van der Waals surface area contributed by atoms with Crippen LogP contribution in [0.3, 0.4) is 0 Å². The van der Waals surface area contributed by atoms with Crippen molar-refractivity contribution in [1.29, 1.82) is 0 Å². The zero-order valence-corrected chi connectivity index (χ0v) is 26.0. The number of benzene rings is 3. The maximum Gasteiger partial charge on any atom is 0.243 e.